The summed E-state index contributed by atoms with van der Waals surface area (Å²) in [7, 11) is 0. The highest BCUT2D eigenvalue weighted by Crippen LogP contribution is 2.12. The van der Waals surface area contributed by atoms with Crippen LogP contribution >= 0.6 is 0 Å². The Bertz CT molecular complexity index is 283. The summed E-state index contributed by atoms with van der Waals surface area (Å²) in [5.41, 5.74) is 0. The van der Waals surface area contributed by atoms with Crippen LogP contribution in [0.5, 0.6) is 0 Å². The second-order valence-corrected chi connectivity index (χ2v) is 2.77. The monoisotopic (exact) mass is 190 g/mol. The zero-order valence-electron chi connectivity index (χ0n) is 7.02. The lowest BCUT2D eigenvalue weighted by Gasteiger charge is -2.11. The zero-order chi connectivity index (χ0) is 9.90. The molecule has 0 aromatic carbocycles. The van der Waals surface area contributed by atoms with E-state index in [1.165, 1.54) is 12.1 Å². The first kappa shape index (κ1) is 9.83. The summed E-state index contributed by atoms with van der Waals surface area (Å²) >= 11 is 0. The Kier molecular flexibility index (Phi) is 2.75. The third kappa shape index (κ3) is 3.78. The van der Waals surface area contributed by atoms with E-state index in [9.17, 15) is 13.2 Å². The molecule has 0 radical (unpaired) electrons. The van der Waals surface area contributed by atoms with E-state index >= 15 is 0 Å². The van der Waals surface area contributed by atoms with Gasteiger partial charge in [-0.05, 0) is 12.1 Å². The van der Waals surface area contributed by atoms with Gasteiger partial charge in [0, 0.05) is 6.92 Å². The lowest BCUT2D eigenvalue weighted by atomic mass is 10.4. The number of hydrogen-bond acceptors (Lipinski definition) is 2. The quantitative estimate of drug-likeness (QED) is 0.739. The highest BCUT2D eigenvalue weighted by molar-refractivity contribution is 5.33. The van der Waals surface area contributed by atoms with Crippen LogP contribution in [0, 0.1) is 5.95 Å². The summed E-state index contributed by atoms with van der Waals surface area (Å²) in [6, 6.07) is 3.97. The molecule has 1 aromatic heterocycles. The molecule has 2 nitrogen and oxygen atoms in total. The second-order valence-electron chi connectivity index (χ2n) is 2.77. The average Bonchev–Trinajstić information content (AvgIpc) is 2.00. The molecule has 0 aliphatic heterocycles. The fourth-order valence-electron chi connectivity index (χ4n) is 0.752. The van der Waals surface area contributed by atoms with Gasteiger partial charge >= 0.3 is 0 Å². The fourth-order valence-corrected chi connectivity index (χ4v) is 0.752. The smallest absolute Gasteiger partial charge is 0.262 e. The Morgan fingerprint density at radius 2 is 2.15 bits per heavy atom. The molecular weight excluding hydrogens is 181 g/mol. The molecule has 0 bridgehead atoms. The summed E-state index contributed by atoms with van der Waals surface area (Å²) in [5.74, 6) is -3.40. The number of pyridine rings is 1. The van der Waals surface area contributed by atoms with Crippen molar-refractivity contribution < 1.29 is 13.2 Å². The summed E-state index contributed by atoms with van der Waals surface area (Å²) in [5, 5.41) is 2.32. The van der Waals surface area contributed by atoms with Crippen molar-refractivity contribution in [3.05, 3.63) is 24.1 Å². The zero-order valence-corrected chi connectivity index (χ0v) is 7.02. The van der Waals surface area contributed by atoms with Crippen molar-refractivity contribution in [1.82, 2.24) is 4.98 Å². The topological polar surface area (TPSA) is 24.9 Å². The summed E-state index contributed by atoms with van der Waals surface area (Å²) in [6.07, 6.45) is 0. The van der Waals surface area contributed by atoms with E-state index in [-0.39, 0.29) is 5.82 Å². The van der Waals surface area contributed by atoms with E-state index < -0.39 is 18.4 Å². The number of hydrogen-bond donors (Lipinski definition) is 1. The number of rotatable bonds is 3. The Hall–Kier alpha value is -1.26. The molecule has 0 saturated carbocycles. The van der Waals surface area contributed by atoms with Crippen LogP contribution in [0.3, 0.4) is 0 Å². The SMILES string of the molecule is CC(F)(F)CNc1cccc(F)n1. The standard InChI is InChI=1S/C8H9F3N2/c1-8(10,11)5-12-7-4-2-3-6(9)13-7/h2-4H,5H2,1H3,(H,12,13). The van der Waals surface area contributed by atoms with E-state index in [4.69, 9.17) is 0 Å². The Morgan fingerprint density at radius 3 is 2.69 bits per heavy atom. The predicted molar refractivity (Wildman–Crippen MR) is 43.3 cm³/mol. The van der Waals surface area contributed by atoms with Gasteiger partial charge in [0.1, 0.15) is 5.82 Å². The van der Waals surface area contributed by atoms with Crippen LogP contribution in [0.1, 0.15) is 6.92 Å². The molecule has 0 aliphatic rings. The maximum absolute atomic E-state index is 12.4. The first-order valence-corrected chi connectivity index (χ1v) is 3.72. The average molecular weight is 190 g/mol. The molecule has 0 spiro atoms. The number of anilines is 1. The molecule has 0 saturated heterocycles. The van der Waals surface area contributed by atoms with E-state index in [1.807, 2.05) is 0 Å². The third-order valence-corrected chi connectivity index (χ3v) is 1.30. The normalized spacial score (nSPS) is 11.4. The minimum atomic E-state index is -2.83. The van der Waals surface area contributed by atoms with Gasteiger partial charge in [-0.2, -0.15) is 4.39 Å². The molecule has 5 heteroatoms. The van der Waals surface area contributed by atoms with Crippen molar-refractivity contribution >= 4 is 5.82 Å². The number of aromatic nitrogens is 1. The van der Waals surface area contributed by atoms with Crippen LogP contribution in [0.25, 0.3) is 0 Å². The number of halogens is 3. The van der Waals surface area contributed by atoms with Crippen LogP contribution in [-0.4, -0.2) is 17.5 Å². The van der Waals surface area contributed by atoms with Crippen molar-refractivity contribution in [2.24, 2.45) is 0 Å². The van der Waals surface area contributed by atoms with Crippen LogP contribution < -0.4 is 5.32 Å². The van der Waals surface area contributed by atoms with Crippen molar-refractivity contribution in [3.63, 3.8) is 0 Å². The number of alkyl halides is 2. The lowest BCUT2D eigenvalue weighted by molar-refractivity contribution is 0.0366. The molecule has 72 valence electrons. The van der Waals surface area contributed by atoms with Crippen LogP contribution in [0.2, 0.25) is 0 Å². The molecule has 0 aliphatic carbocycles. The van der Waals surface area contributed by atoms with Gasteiger partial charge in [0.15, 0.2) is 0 Å². The lowest BCUT2D eigenvalue weighted by Crippen LogP contribution is -2.23. The minimum absolute atomic E-state index is 0.113. The molecular formula is C8H9F3N2. The van der Waals surface area contributed by atoms with Gasteiger partial charge in [-0.15, -0.1) is 0 Å². The van der Waals surface area contributed by atoms with E-state index in [2.05, 4.69) is 10.3 Å². The molecule has 1 aromatic rings. The van der Waals surface area contributed by atoms with E-state index in [1.54, 1.807) is 0 Å². The molecule has 13 heavy (non-hydrogen) atoms. The first-order chi connectivity index (χ1) is 5.97. The summed E-state index contributed by atoms with van der Waals surface area (Å²) < 4.78 is 37.1. The maximum atomic E-state index is 12.4. The van der Waals surface area contributed by atoms with Gasteiger partial charge in [0.2, 0.25) is 5.95 Å². The van der Waals surface area contributed by atoms with Crippen molar-refractivity contribution in [1.29, 1.82) is 0 Å². The molecule has 1 rings (SSSR count). The Balaban J connectivity index is 2.55. The van der Waals surface area contributed by atoms with Crippen molar-refractivity contribution in [2.75, 3.05) is 11.9 Å². The summed E-state index contributed by atoms with van der Waals surface area (Å²) in [4.78, 5) is 3.37. The largest absolute Gasteiger partial charge is 0.364 e. The van der Waals surface area contributed by atoms with Gasteiger partial charge in [0.25, 0.3) is 5.92 Å². The molecule has 0 unspecified atom stereocenters. The number of nitrogens with zero attached hydrogens (tertiary/aromatic N) is 1. The van der Waals surface area contributed by atoms with Gasteiger partial charge in [0.05, 0.1) is 6.54 Å². The van der Waals surface area contributed by atoms with Crippen LogP contribution in [0.15, 0.2) is 18.2 Å². The molecule has 0 atom stereocenters. The third-order valence-electron chi connectivity index (χ3n) is 1.30. The fraction of sp³-hybridized carbons (Fsp3) is 0.375. The molecule has 1 heterocycles. The second kappa shape index (κ2) is 3.64. The van der Waals surface area contributed by atoms with Gasteiger partial charge in [-0.3, -0.25) is 0 Å². The van der Waals surface area contributed by atoms with Crippen LogP contribution in [0.4, 0.5) is 19.0 Å². The van der Waals surface area contributed by atoms with Gasteiger partial charge in [-0.25, -0.2) is 13.8 Å². The molecule has 0 fully saturated rings. The Labute approximate surface area is 73.8 Å². The number of nitrogens with one attached hydrogen (secondary N) is 1. The molecule has 1 N–H and O–H groups in total. The van der Waals surface area contributed by atoms with Crippen molar-refractivity contribution in [2.45, 2.75) is 12.8 Å². The van der Waals surface area contributed by atoms with E-state index in [0.29, 0.717) is 0 Å². The van der Waals surface area contributed by atoms with Gasteiger partial charge < -0.3 is 5.32 Å². The predicted octanol–water partition coefficient (Wildman–Crippen LogP) is 2.29. The van der Waals surface area contributed by atoms with Gasteiger partial charge in [-0.1, -0.05) is 6.07 Å². The molecule has 0 amide bonds. The van der Waals surface area contributed by atoms with Crippen LogP contribution in [-0.2, 0) is 0 Å². The maximum Gasteiger partial charge on any atom is 0.262 e. The Morgan fingerprint density at radius 1 is 1.46 bits per heavy atom. The highest BCUT2D eigenvalue weighted by atomic mass is 19.3. The summed E-state index contributed by atoms with van der Waals surface area (Å²) in [6.45, 7) is 0.225. The van der Waals surface area contributed by atoms with Crippen molar-refractivity contribution in [3.8, 4) is 0 Å². The van der Waals surface area contributed by atoms with E-state index in [0.717, 1.165) is 13.0 Å². The minimum Gasteiger partial charge on any atom is -0.364 e. The highest BCUT2D eigenvalue weighted by Gasteiger charge is 2.20. The first-order valence-electron chi connectivity index (χ1n) is 3.72.